The minimum atomic E-state index is -0.434. The molecule has 0 spiro atoms. The Kier molecular flexibility index (Phi) is 5.27. The van der Waals surface area contributed by atoms with Crippen LogP contribution in [0.25, 0.3) is 11.1 Å². The summed E-state index contributed by atoms with van der Waals surface area (Å²) >= 11 is 0. The van der Waals surface area contributed by atoms with E-state index in [1.807, 2.05) is 24.9 Å². The number of likely N-dealkylation sites (N-methyl/N-ethyl adjacent to an activating group) is 1. The smallest absolute Gasteiger partial charge is 0.258 e. The Morgan fingerprint density at radius 2 is 2.00 bits per heavy atom. The van der Waals surface area contributed by atoms with Crippen LogP contribution in [0.2, 0.25) is 0 Å². The van der Waals surface area contributed by atoms with Gasteiger partial charge < -0.3 is 15.0 Å². The molecule has 0 radical (unpaired) electrons. The van der Waals surface area contributed by atoms with Crippen molar-refractivity contribution in [2.45, 2.75) is 32.0 Å². The predicted molar refractivity (Wildman–Crippen MR) is 108 cm³/mol. The van der Waals surface area contributed by atoms with E-state index in [0.717, 1.165) is 12.1 Å². The molecule has 2 aromatic rings. The molecule has 2 aliphatic heterocycles. The highest BCUT2D eigenvalue weighted by molar-refractivity contribution is 5.82. The lowest BCUT2D eigenvalue weighted by Gasteiger charge is -2.27. The maximum Gasteiger partial charge on any atom is 0.258 e. The van der Waals surface area contributed by atoms with E-state index in [0.29, 0.717) is 18.7 Å². The molecule has 1 amide bonds. The molecular weight excluding hydrogens is 373 g/mol. The van der Waals surface area contributed by atoms with Gasteiger partial charge in [-0.05, 0) is 31.7 Å². The molecule has 7 heteroatoms. The van der Waals surface area contributed by atoms with E-state index >= 15 is 0 Å². The van der Waals surface area contributed by atoms with E-state index in [1.54, 1.807) is 28.8 Å². The summed E-state index contributed by atoms with van der Waals surface area (Å²) in [4.78, 5) is 27.8. The molecule has 0 bridgehead atoms. The molecule has 1 aromatic carbocycles. The lowest BCUT2D eigenvalue weighted by molar-refractivity contribution is -0.127. The zero-order chi connectivity index (χ0) is 20.7. The standard InChI is InChI=1S/C22H26FN3O3/c1-3-10-24-21(28)20-16(12-27)15-11-26-18(19(15)25(20)2)9-8-14(22(26)29)13-6-4-5-7-17(13)23/h4-9,15-16,19-20,27H,3,10-12H2,1-2H3,(H,24,28)/t15-,16-,19+,20-/m1/s1. The minimum Gasteiger partial charge on any atom is -0.396 e. The highest BCUT2D eigenvalue weighted by Crippen LogP contribution is 2.48. The summed E-state index contributed by atoms with van der Waals surface area (Å²) in [6.07, 6.45) is 0.843. The van der Waals surface area contributed by atoms with Gasteiger partial charge in [-0.2, -0.15) is 0 Å². The van der Waals surface area contributed by atoms with Crippen LogP contribution in [-0.4, -0.2) is 46.7 Å². The van der Waals surface area contributed by atoms with E-state index in [1.165, 1.54) is 6.07 Å². The number of likely N-dealkylation sites (tertiary alicyclic amines) is 1. The maximum absolute atomic E-state index is 14.2. The van der Waals surface area contributed by atoms with Crippen LogP contribution in [0.4, 0.5) is 4.39 Å². The second-order valence-electron chi connectivity index (χ2n) is 7.92. The Labute approximate surface area is 169 Å². The van der Waals surface area contributed by atoms with E-state index in [-0.39, 0.29) is 41.5 Å². The molecule has 2 aliphatic rings. The Bertz CT molecular complexity index is 990. The lowest BCUT2D eigenvalue weighted by atomic mass is 9.88. The van der Waals surface area contributed by atoms with Crippen molar-refractivity contribution < 1.29 is 14.3 Å². The number of nitrogens with one attached hydrogen (secondary N) is 1. The summed E-state index contributed by atoms with van der Waals surface area (Å²) in [5, 5.41) is 13.0. The van der Waals surface area contributed by atoms with Gasteiger partial charge in [-0.1, -0.05) is 25.1 Å². The SMILES string of the molecule is CCCNC(=O)[C@H]1[C@H](CO)[C@H]2Cn3c(ccc(-c4ccccc4F)c3=O)[C@H]2N1C. The fourth-order valence-electron chi connectivity index (χ4n) is 5.01. The average Bonchev–Trinajstić information content (AvgIpc) is 3.23. The van der Waals surface area contributed by atoms with Crippen molar-refractivity contribution >= 4 is 5.91 Å². The van der Waals surface area contributed by atoms with Crippen LogP contribution in [0.5, 0.6) is 0 Å². The van der Waals surface area contributed by atoms with Gasteiger partial charge in [0.1, 0.15) is 5.82 Å². The van der Waals surface area contributed by atoms with Gasteiger partial charge in [0.25, 0.3) is 5.56 Å². The number of rotatable bonds is 5. The van der Waals surface area contributed by atoms with Gasteiger partial charge in [0, 0.05) is 42.8 Å². The number of carbonyl (C=O) groups excluding carboxylic acids is 1. The quantitative estimate of drug-likeness (QED) is 0.804. The van der Waals surface area contributed by atoms with Crippen LogP contribution in [0.1, 0.15) is 25.1 Å². The second kappa shape index (κ2) is 7.72. The van der Waals surface area contributed by atoms with Gasteiger partial charge in [-0.15, -0.1) is 0 Å². The molecule has 0 saturated carbocycles. The molecule has 29 heavy (non-hydrogen) atoms. The van der Waals surface area contributed by atoms with Crippen molar-refractivity contribution in [3.05, 3.63) is 58.3 Å². The predicted octanol–water partition coefficient (Wildman–Crippen LogP) is 1.77. The summed E-state index contributed by atoms with van der Waals surface area (Å²) in [5.74, 6) is -0.829. The number of amides is 1. The number of pyridine rings is 1. The van der Waals surface area contributed by atoms with Gasteiger partial charge >= 0.3 is 0 Å². The van der Waals surface area contributed by atoms with Crippen LogP contribution in [0, 0.1) is 17.7 Å². The summed E-state index contributed by atoms with van der Waals surface area (Å²) in [5.41, 5.74) is 1.19. The highest BCUT2D eigenvalue weighted by atomic mass is 19.1. The first-order chi connectivity index (χ1) is 14.0. The van der Waals surface area contributed by atoms with E-state index in [9.17, 15) is 19.1 Å². The zero-order valence-corrected chi connectivity index (χ0v) is 16.6. The summed E-state index contributed by atoms with van der Waals surface area (Å²) in [6, 6.07) is 9.20. The van der Waals surface area contributed by atoms with Gasteiger partial charge in [0.15, 0.2) is 0 Å². The molecule has 1 saturated heterocycles. The Hall–Kier alpha value is -2.51. The fourth-order valence-corrected chi connectivity index (χ4v) is 5.01. The summed E-state index contributed by atoms with van der Waals surface area (Å²) in [7, 11) is 1.87. The van der Waals surface area contributed by atoms with E-state index < -0.39 is 11.9 Å². The van der Waals surface area contributed by atoms with Crippen molar-refractivity contribution in [2.75, 3.05) is 20.2 Å². The number of hydrogen-bond donors (Lipinski definition) is 2. The van der Waals surface area contributed by atoms with Crippen LogP contribution in [0.15, 0.2) is 41.2 Å². The maximum atomic E-state index is 14.2. The normalized spacial score (nSPS) is 25.7. The van der Waals surface area contributed by atoms with Crippen molar-refractivity contribution in [1.82, 2.24) is 14.8 Å². The molecule has 1 aromatic heterocycles. The number of halogens is 1. The Morgan fingerprint density at radius 1 is 1.24 bits per heavy atom. The second-order valence-corrected chi connectivity index (χ2v) is 7.92. The number of aliphatic hydroxyl groups excluding tert-OH is 1. The van der Waals surface area contributed by atoms with Crippen molar-refractivity contribution in [3.8, 4) is 11.1 Å². The fraction of sp³-hybridized carbons (Fsp3) is 0.455. The molecule has 6 nitrogen and oxygen atoms in total. The molecule has 2 N–H and O–H groups in total. The lowest BCUT2D eigenvalue weighted by Crippen LogP contribution is -2.47. The van der Waals surface area contributed by atoms with Gasteiger partial charge in [-0.3, -0.25) is 14.5 Å². The number of aromatic nitrogens is 1. The molecule has 0 aliphatic carbocycles. The van der Waals surface area contributed by atoms with Crippen molar-refractivity contribution in [3.63, 3.8) is 0 Å². The average molecular weight is 399 g/mol. The molecule has 4 atom stereocenters. The van der Waals surface area contributed by atoms with Crippen LogP contribution in [-0.2, 0) is 11.3 Å². The largest absolute Gasteiger partial charge is 0.396 e. The van der Waals surface area contributed by atoms with Crippen molar-refractivity contribution in [2.24, 2.45) is 11.8 Å². The first-order valence-corrected chi connectivity index (χ1v) is 10.1. The van der Waals surface area contributed by atoms with Gasteiger partial charge in [0.05, 0.1) is 17.6 Å². The van der Waals surface area contributed by atoms with Crippen LogP contribution >= 0.6 is 0 Å². The Balaban J connectivity index is 1.72. The monoisotopic (exact) mass is 399 g/mol. The summed E-state index contributed by atoms with van der Waals surface area (Å²) < 4.78 is 15.9. The van der Waals surface area contributed by atoms with Gasteiger partial charge in [-0.25, -0.2) is 4.39 Å². The molecule has 4 rings (SSSR count). The third kappa shape index (κ3) is 3.09. The topological polar surface area (TPSA) is 74.6 Å². The molecule has 0 unspecified atom stereocenters. The number of aliphatic hydroxyl groups is 1. The number of carbonyl (C=O) groups is 1. The van der Waals surface area contributed by atoms with Crippen molar-refractivity contribution in [1.29, 1.82) is 0 Å². The van der Waals surface area contributed by atoms with Gasteiger partial charge in [0.2, 0.25) is 5.91 Å². The van der Waals surface area contributed by atoms with E-state index in [4.69, 9.17) is 0 Å². The third-order valence-electron chi connectivity index (χ3n) is 6.34. The molecule has 3 heterocycles. The first kappa shape index (κ1) is 19.8. The van der Waals surface area contributed by atoms with Crippen LogP contribution in [0.3, 0.4) is 0 Å². The van der Waals surface area contributed by atoms with E-state index in [2.05, 4.69) is 5.32 Å². The van der Waals surface area contributed by atoms with Crippen LogP contribution < -0.4 is 10.9 Å². The highest BCUT2D eigenvalue weighted by Gasteiger charge is 2.54. The molecule has 154 valence electrons. The number of fused-ring (bicyclic) bond motifs is 3. The minimum absolute atomic E-state index is 0.0500. The summed E-state index contributed by atoms with van der Waals surface area (Å²) in [6.45, 7) is 2.87. The molecule has 1 fully saturated rings. The zero-order valence-electron chi connectivity index (χ0n) is 16.6. The molecular formula is C22H26FN3O3. The first-order valence-electron chi connectivity index (χ1n) is 10.1. The third-order valence-corrected chi connectivity index (χ3v) is 6.34. The number of nitrogens with zero attached hydrogens (tertiary/aromatic N) is 2. The number of hydrogen-bond acceptors (Lipinski definition) is 4. The number of benzene rings is 1. The Morgan fingerprint density at radius 3 is 2.69 bits per heavy atom.